The third-order valence-corrected chi connectivity index (χ3v) is 16.8. The largest absolute Gasteiger partial charge is 0.379 e. The highest BCUT2D eigenvalue weighted by atomic mass is 32.2. The Balaban J connectivity index is 1.32. The van der Waals surface area contributed by atoms with Gasteiger partial charge in [-0.05, 0) is 114 Å². The van der Waals surface area contributed by atoms with Crippen LogP contribution in [-0.2, 0) is 69.3 Å². The van der Waals surface area contributed by atoms with E-state index in [1.807, 2.05) is 0 Å². The average Bonchev–Trinajstić information content (AvgIpc) is 3.28. The fourth-order valence-electron chi connectivity index (χ4n) is 5.53. The normalized spacial score (nSPS) is 13.0. The van der Waals surface area contributed by atoms with Gasteiger partial charge in [-0.25, -0.2) is 0 Å². The van der Waals surface area contributed by atoms with Gasteiger partial charge in [-0.1, -0.05) is 81.1 Å². The molecule has 0 aliphatic heterocycles. The van der Waals surface area contributed by atoms with Crippen LogP contribution in [0.2, 0.25) is 0 Å². The fourth-order valence-corrected chi connectivity index (χ4v) is 11.2. The molecule has 370 valence electrons. The lowest BCUT2D eigenvalue weighted by molar-refractivity contribution is 0.332. The Bertz CT molecular complexity index is 3470. The van der Waals surface area contributed by atoms with E-state index in [0.717, 1.165) is 49.2 Å². The van der Waals surface area contributed by atoms with Crippen molar-refractivity contribution in [3.05, 3.63) is 156 Å². The topological polar surface area (TPSA) is 285 Å². The van der Waals surface area contributed by atoms with Gasteiger partial charge in [0.1, 0.15) is 42.5 Å². The first kappa shape index (κ1) is 52.5. The van der Waals surface area contributed by atoms with E-state index in [1.165, 1.54) is 97.1 Å². The predicted octanol–water partition coefficient (Wildman–Crippen LogP) is 6.85. The number of hydrogen-bond donors (Lipinski definition) is 0. The van der Waals surface area contributed by atoms with Gasteiger partial charge in [0.25, 0.3) is 0 Å². The molecular formula is C44H40N2O18S6. The lowest BCUT2D eigenvalue weighted by atomic mass is 10.2. The monoisotopic (exact) mass is 1080 g/mol. The van der Waals surface area contributed by atoms with Gasteiger partial charge in [0.15, 0.2) is 21.3 Å². The van der Waals surface area contributed by atoms with Crippen LogP contribution >= 0.6 is 0 Å². The Morgan fingerprint density at radius 1 is 0.329 bits per heavy atom. The van der Waals surface area contributed by atoms with Gasteiger partial charge in [-0.15, -0.1) is 0 Å². The van der Waals surface area contributed by atoms with Crippen molar-refractivity contribution in [3.63, 3.8) is 0 Å². The van der Waals surface area contributed by atoms with Gasteiger partial charge in [-0.3, -0.25) is 8.57 Å². The molecule has 0 amide bonds. The second kappa shape index (κ2) is 20.2. The molecule has 26 heteroatoms. The number of oxime groups is 2. The first-order valence-electron chi connectivity index (χ1n) is 19.9. The third kappa shape index (κ3) is 12.9. The third-order valence-electron chi connectivity index (χ3n) is 9.49. The number of benzene rings is 6. The van der Waals surface area contributed by atoms with Crippen molar-refractivity contribution in [2.45, 2.75) is 70.9 Å². The smallest absolute Gasteiger partial charge is 0.362 e. The molecule has 70 heavy (non-hydrogen) atoms. The lowest BCUT2D eigenvalue weighted by Gasteiger charge is -2.14. The van der Waals surface area contributed by atoms with Crippen LogP contribution in [0.15, 0.2) is 173 Å². The average molecular weight is 1080 g/mol. The molecule has 0 heterocycles. The summed E-state index contributed by atoms with van der Waals surface area (Å²) in [4.78, 5) is -3.54. The van der Waals surface area contributed by atoms with Gasteiger partial charge >= 0.3 is 60.7 Å². The molecule has 0 saturated heterocycles. The second-order valence-electron chi connectivity index (χ2n) is 15.0. The van der Waals surface area contributed by atoms with E-state index < -0.39 is 105 Å². The minimum absolute atomic E-state index is 0.302. The molecule has 0 aromatic heterocycles. The summed E-state index contributed by atoms with van der Waals surface area (Å²) in [5.74, 6) is -3.02. The SMILES string of the molecule is CC(=NOS(=O)(=O)c1cc(OS(=O)(=O)c2ccc(C)cc2)ccc1OS(=O)(=O)c1ccc(C)cc1)C(C)=NOS(=O)(=O)c1cc(OS(=O)(=O)c2ccc(C)cc2)ccc1OS(=O)(=O)c1ccc(C)cc1. The van der Waals surface area contributed by atoms with E-state index in [9.17, 15) is 50.5 Å². The van der Waals surface area contributed by atoms with E-state index >= 15 is 0 Å². The Kier molecular flexibility index (Phi) is 15.2. The molecule has 0 saturated carbocycles. The maximum atomic E-state index is 13.8. The highest BCUT2D eigenvalue weighted by Crippen LogP contribution is 2.35. The molecule has 0 atom stereocenters. The minimum Gasteiger partial charge on any atom is -0.379 e. The Labute approximate surface area is 405 Å². The first-order chi connectivity index (χ1) is 32.6. The van der Waals surface area contributed by atoms with E-state index in [4.69, 9.17) is 25.3 Å². The first-order valence-corrected chi connectivity index (χ1v) is 28.3. The fraction of sp³-hybridized carbons (Fsp3) is 0.136. The van der Waals surface area contributed by atoms with E-state index in [-0.39, 0.29) is 19.6 Å². The summed E-state index contributed by atoms with van der Waals surface area (Å²) < 4.78 is 191. The highest BCUT2D eigenvalue weighted by molar-refractivity contribution is 7.89. The van der Waals surface area contributed by atoms with Crippen molar-refractivity contribution in [1.82, 2.24) is 0 Å². The molecule has 0 bridgehead atoms. The van der Waals surface area contributed by atoms with Gasteiger partial charge in [0, 0.05) is 12.1 Å². The summed E-state index contributed by atoms with van der Waals surface area (Å²) in [6.45, 7) is 8.95. The van der Waals surface area contributed by atoms with Crippen LogP contribution in [-0.4, -0.2) is 61.9 Å². The van der Waals surface area contributed by atoms with E-state index in [1.54, 1.807) is 27.7 Å². The quantitative estimate of drug-likeness (QED) is 0.0455. The number of aryl methyl sites for hydroxylation is 4. The standard InChI is InChI=1S/C44H40N2O18S6/c1-29-7-17-37(18-8-29)65(47,48)59-35-15-25-41(61-67(51,52)39-21-11-31(3)12-22-39)43(27-35)69(55,56)63-45-33(5)34(6)46-64-70(57,58)44-28-36(60-66(49,50)38-19-9-30(2)10-20-38)16-26-42(44)62-68(53,54)40-23-13-32(4)14-24-40/h7-28H,1-6H3. The number of nitrogens with zero attached hydrogens (tertiary/aromatic N) is 2. The molecule has 0 aliphatic rings. The molecule has 0 spiro atoms. The second-order valence-corrected chi connectivity index (χ2v) is 24.2. The molecule has 0 N–H and O–H groups in total. The molecule has 20 nitrogen and oxygen atoms in total. The van der Waals surface area contributed by atoms with Crippen molar-refractivity contribution in [1.29, 1.82) is 0 Å². The molecule has 0 fully saturated rings. The molecular weight excluding hydrogens is 1040 g/mol. The van der Waals surface area contributed by atoms with Crippen LogP contribution in [0.4, 0.5) is 0 Å². The summed E-state index contributed by atoms with van der Waals surface area (Å²) in [6.07, 6.45) is 0. The zero-order valence-electron chi connectivity index (χ0n) is 37.4. The van der Waals surface area contributed by atoms with Crippen LogP contribution in [0.1, 0.15) is 36.1 Å². The van der Waals surface area contributed by atoms with E-state index in [0.29, 0.717) is 23.3 Å². The Morgan fingerprint density at radius 2 is 0.571 bits per heavy atom. The van der Waals surface area contributed by atoms with Crippen LogP contribution in [0, 0.1) is 27.7 Å². The van der Waals surface area contributed by atoms with Crippen LogP contribution < -0.4 is 16.7 Å². The molecule has 6 rings (SSSR count). The summed E-state index contributed by atoms with van der Waals surface area (Å²) in [6, 6.07) is 26.2. The molecule has 0 unspecified atom stereocenters. The van der Waals surface area contributed by atoms with Crippen LogP contribution in [0.25, 0.3) is 0 Å². The number of hydrogen-bond acceptors (Lipinski definition) is 20. The maximum absolute atomic E-state index is 13.8. The van der Waals surface area contributed by atoms with E-state index in [2.05, 4.69) is 10.3 Å². The van der Waals surface area contributed by atoms with Gasteiger partial charge < -0.3 is 16.7 Å². The maximum Gasteiger partial charge on any atom is 0.362 e. The molecule has 6 aromatic carbocycles. The highest BCUT2D eigenvalue weighted by Gasteiger charge is 2.31. The van der Waals surface area contributed by atoms with Crippen LogP contribution in [0.5, 0.6) is 23.0 Å². The number of rotatable bonds is 19. The Hall–Kier alpha value is -6.84. The summed E-state index contributed by atoms with van der Waals surface area (Å²) in [7, 11) is -29.3. The van der Waals surface area contributed by atoms with Gasteiger partial charge in [-0.2, -0.15) is 50.5 Å². The molecule has 0 aliphatic carbocycles. The van der Waals surface area contributed by atoms with Gasteiger partial charge in [0.05, 0.1) is 0 Å². The zero-order chi connectivity index (χ0) is 51.5. The summed E-state index contributed by atoms with van der Waals surface area (Å²) in [5, 5.41) is 6.95. The summed E-state index contributed by atoms with van der Waals surface area (Å²) >= 11 is 0. The molecule has 6 aromatic rings. The van der Waals surface area contributed by atoms with Crippen molar-refractivity contribution < 1.29 is 75.8 Å². The van der Waals surface area contributed by atoms with Crippen molar-refractivity contribution in [2.75, 3.05) is 0 Å². The zero-order valence-corrected chi connectivity index (χ0v) is 42.3. The molecule has 0 radical (unpaired) electrons. The predicted molar refractivity (Wildman–Crippen MR) is 252 cm³/mol. The van der Waals surface area contributed by atoms with Gasteiger partial charge in [0.2, 0.25) is 0 Å². The van der Waals surface area contributed by atoms with Crippen LogP contribution in [0.3, 0.4) is 0 Å². The lowest BCUT2D eigenvalue weighted by Crippen LogP contribution is -2.16. The van der Waals surface area contributed by atoms with Crippen molar-refractivity contribution in [2.24, 2.45) is 10.3 Å². The Morgan fingerprint density at radius 3 is 0.829 bits per heavy atom. The van der Waals surface area contributed by atoms with Crippen molar-refractivity contribution >= 4 is 72.1 Å². The van der Waals surface area contributed by atoms with Crippen molar-refractivity contribution in [3.8, 4) is 23.0 Å². The summed E-state index contributed by atoms with van der Waals surface area (Å²) in [5.41, 5.74) is 1.83. The minimum atomic E-state index is -5.31.